The number of aliphatic hydroxyl groups excluding tert-OH is 4. The number of carbonyl (C=O) groups excluding carboxylic acids is 2. The molecule has 2 aromatic carbocycles. The minimum Gasteiger partial charge on any atom is 0 e. The zero-order chi connectivity index (χ0) is 90.4. The van der Waals surface area contributed by atoms with Crippen LogP contribution >= 0.6 is 152 Å². The molecule has 22 atom stereocenters. The molecule has 16 rings (SSSR count). The van der Waals surface area contributed by atoms with Crippen molar-refractivity contribution in [3.05, 3.63) is 130 Å². The average molecular weight is 3120 g/mol. The quantitative estimate of drug-likeness (QED) is 0.0255. The smallest absolute Gasteiger partial charge is 0 e. The first kappa shape index (κ1) is 135. The SMILES string of the molecule is C.C.COC(=O)c1ccccc1COP1(=O)OC[C@H]2O[C@@H](n3cnc4c(C)nc(N)nc43)[C-](C)[C@@H]2O1.COC(=O)c1ccccc1COP1OC[C@H]2O[C@@H](n3cnc4c(C)nc(N)nc43)[C-](C)[C@@H]2O1.COP1(=O)OC[C@H]2O[C@@H](C)[C-](C)[C@@H]2O1.COP1(=O)OC[C@H]2O[C@@H](C)[C-](C)[C@@H]2O1.C[C-]1[C@H](C)O[C@H](CO)[C@H]1O.C[C-]1[C@H](C)O[C@H](CO)[C@H]1O.[I][V]([I])[I].[I][V]([I])[I].[Y].[Y].[Y].[Y].[Y].[Y]. The monoisotopic (exact) mass is 3120 g/mol. The second kappa shape index (κ2) is 64.2. The number of hydrogen-bond acceptors (Lipinski definition) is 37. The maximum atomic E-state index is 13.2. The minimum atomic E-state index is -3.94. The third kappa shape index (κ3) is 37.2. The molecule has 39 nitrogen and oxygen atoms in total. The number of aromatic nitrogens is 8. The van der Waals surface area contributed by atoms with E-state index in [9.17, 15) is 33.5 Å². The van der Waals surface area contributed by atoms with Crippen LogP contribution in [0.1, 0.15) is 140 Å². The van der Waals surface area contributed by atoms with Gasteiger partial charge in [-0.1, -0.05) is 103 Å². The van der Waals surface area contributed by atoms with Crippen molar-refractivity contribution in [3.8, 4) is 0 Å². The van der Waals surface area contributed by atoms with Crippen LogP contribution in [0.25, 0.3) is 22.3 Å². The van der Waals surface area contributed by atoms with Crippen molar-refractivity contribution >= 4 is 198 Å². The number of rotatable bonds is 14. The molecule has 8 N–H and O–H groups in total. The number of phosphoric ester groups is 3. The fourth-order valence-corrected chi connectivity index (χ4v) is 18.6. The summed E-state index contributed by atoms with van der Waals surface area (Å²) in [6.45, 7) is 23.2. The predicted molar refractivity (Wildman–Crippen MR) is 504 cm³/mol. The molecule has 6 aromatic rings. The third-order valence-electron chi connectivity index (χ3n) is 20.8. The minimum absolute atomic E-state index is 0. The van der Waals surface area contributed by atoms with Crippen molar-refractivity contribution in [1.29, 1.82) is 0 Å². The number of hydrogen-bond donors (Lipinski definition) is 6. The first-order chi connectivity index (χ1) is 58.2. The molecule has 10 aliphatic heterocycles. The first-order valence-electron chi connectivity index (χ1n) is 37.7. The molecule has 57 heteroatoms. The van der Waals surface area contributed by atoms with E-state index in [1.165, 1.54) is 28.4 Å². The van der Waals surface area contributed by atoms with E-state index in [0.717, 1.165) is 35.5 Å². The zero-order valence-corrected chi connectivity index (χ0v) is 109. The second-order valence-electron chi connectivity index (χ2n) is 28.5. The van der Waals surface area contributed by atoms with E-state index >= 15 is 0 Å². The van der Waals surface area contributed by atoms with Crippen LogP contribution in [-0.4, -0.2) is 237 Å². The van der Waals surface area contributed by atoms with E-state index in [1.807, 2.05) is 86.8 Å². The topological polar surface area (TPSA) is 490 Å². The molecule has 131 heavy (non-hydrogen) atoms. The standard InChI is InChI=1S/C21H23N5O7P.C21H23N5O6P.2C8H14O5P.2C7H13O3.2CH4.6HI.2V.6Y/c1-11-17-15(32-19(11)26-10-23-16-12(2)24-21(22)25-18(16)26)9-31-34(28,33-17)30-8-13-6-4-5-7-14(13)20(27)29-3;1-11-17-15(31-19(11)26-10-23-16-12(2)24-21(22)25-18(16)26)9-30-33(32-17)29-8-13-6-4-5-7-14(13)20(27)28-3;2*1-5-6(2)12-7-4-11-14(9,10-3)13-8(5)7;2*1-4-5(2)10-6(3-8)7(4)9;;;;;;;;;;;;;;;;/h4-7,10,15,17,19H,8-9H2,1-3H3,(H2,22,24,25);4-7,10,15,17,19H,8-9H2,1-3H3,(H2,22,24,25);2*6-8H,4H2,1-3H3;2*5-9H,3H2,1-2H3;2*1H4;6*1H;;;;;;;;/q6*-1;;;;;;;;;2*+3;;;;;;/p-6/t15-,17+,19-,34?;15-,17+,19-,33?;2*6-,7+,8-,14?;2*5-,6+,7-;;;;;;;;;;;;;;;;/m110000................/s1. The molecule has 6 radical (unpaired) electrons. The molecule has 14 heterocycles. The van der Waals surface area contributed by atoms with E-state index in [4.69, 9.17) is 114 Å². The second-order valence-corrected chi connectivity index (χ2v) is 105. The number of nitrogens with zero attached hydrogens (tertiary/aromatic N) is 8. The van der Waals surface area contributed by atoms with Gasteiger partial charge < -0.3 is 106 Å². The van der Waals surface area contributed by atoms with Gasteiger partial charge in [0.15, 0.2) is 11.3 Å². The average Bonchev–Trinajstić information content (AvgIpc) is 1.61. The summed E-state index contributed by atoms with van der Waals surface area (Å²) in [5.41, 5.74) is 17.4. The van der Waals surface area contributed by atoms with Gasteiger partial charge in [-0.15, -0.1) is 0 Å². The number of anilines is 2. The number of benzene rings is 2. The van der Waals surface area contributed by atoms with Gasteiger partial charge in [0.1, 0.15) is 11.0 Å². The number of aryl methyl sites for hydroxylation is 2. The molecule has 10 fully saturated rings. The number of esters is 2. The van der Waals surface area contributed by atoms with Crippen molar-refractivity contribution in [2.45, 2.75) is 221 Å². The summed E-state index contributed by atoms with van der Waals surface area (Å²) >= 11 is 14.8. The van der Waals surface area contributed by atoms with E-state index < -0.39 is 93.1 Å². The number of halogens is 6. The molecule has 10 saturated heterocycles. The number of nitrogen functional groups attached to an aromatic ring is 2. The largest absolute Gasteiger partial charge is 0 e. The van der Waals surface area contributed by atoms with Crippen molar-refractivity contribution in [2.24, 2.45) is 0 Å². The number of methoxy groups -OCH3 is 2. The number of ether oxygens (including phenoxy) is 8. The Kier molecular flexibility index (Phi) is 66.5. The normalized spacial score (nSPS) is 31.0. The van der Waals surface area contributed by atoms with Crippen LogP contribution in [0.5, 0.6) is 0 Å². The first-order valence-corrected chi connectivity index (χ1v) is 70.3. The van der Waals surface area contributed by atoms with Gasteiger partial charge in [0.05, 0.1) is 139 Å². The number of aliphatic hydroxyl groups is 4. The fraction of sp³-hybridized carbons (Fsp3) is 0.595. The number of phosphoric acid groups is 3. The van der Waals surface area contributed by atoms with Crippen LogP contribution in [0.15, 0.2) is 61.2 Å². The Morgan fingerprint density at radius 1 is 0.504 bits per heavy atom. The maximum Gasteiger partial charge on any atom is 0 e. The van der Waals surface area contributed by atoms with E-state index in [2.05, 4.69) is 150 Å². The zero-order valence-electron chi connectivity index (χ0n) is 73.0. The van der Waals surface area contributed by atoms with Gasteiger partial charge in [-0.2, -0.15) is 51.5 Å². The molecule has 724 valence electrons. The Labute approximate surface area is 993 Å². The maximum absolute atomic E-state index is 13.2. The van der Waals surface area contributed by atoms with Gasteiger partial charge in [-0.25, -0.2) is 55.1 Å². The van der Waals surface area contributed by atoms with Crippen molar-refractivity contribution in [1.82, 2.24) is 39.0 Å². The fourth-order valence-electron chi connectivity index (χ4n) is 13.7. The van der Waals surface area contributed by atoms with Crippen LogP contribution in [0.3, 0.4) is 0 Å². The molecule has 4 aromatic heterocycles. The molecular weight excluding hydrogens is 3010 g/mol. The van der Waals surface area contributed by atoms with Crippen molar-refractivity contribution < 1.29 is 342 Å². The van der Waals surface area contributed by atoms with Crippen molar-refractivity contribution in [3.63, 3.8) is 0 Å². The Balaban J connectivity index is 0.000000811. The Morgan fingerprint density at radius 2 is 0.840 bits per heavy atom. The molecule has 10 aliphatic rings. The van der Waals surface area contributed by atoms with Crippen LogP contribution in [0.2, 0.25) is 0 Å². The summed E-state index contributed by atoms with van der Waals surface area (Å²) in [6, 6.07) is 13.8. The molecule has 0 spiro atoms. The Bertz CT molecular complexity index is 4550. The van der Waals surface area contributed by atoms with Gasteiger partial charge >= 0.3 is 174 Å². The van der Waals surface area contributed by atoms with Gasteiger partial charge in [0.25, 0.3) is 0 Å². The molecule has 0 amide bonds. The Morgan fingerprint density at radius 3 is 1.20 bits per heavy atom. The summed E-state index contributed by atoms with van der Waals surface area (Å²) in [5, 5.41) is 36.0. The molecular formula is C74H108I6N10O29P4V2Y6-6. The van der Waals surface area contributed by atoms with Crippen LogP contribution in [-0.2, 0) is 325 Å². The number of nitrogens with two attached hydrogens (primary N) is 2. The summed E-state index contributed by atoms with van der Waals surface area (Å²) in [7, 11) is -6.97. The van der Waals surface area contributed by atoms with Gasteiger partial charge in [-0.3, -0.25) is 50.8 Å². The third-order valence-corrected chi connectivity index (χ3v) is 26.1. The predicted octanol–water partition coefficient (Wildman–Crippen LogP) is 14.7. The summed E-state index contributed by atoms with van der Waals surface area (Å²) in [5.74, 6) is 4.94. The van der Waals surface area contributed by atoms with Gasteiger partial charge in [0, 0.05) is 223 Å². The van der Waals surface area contributed by atoms with Gasteiger partial charge in [0.2, 0.25) is 11.9 Å². The Hall–Kier alpha value is 6.49. The molecule has 0 saturated carbocycles. The number of imidazole rings is 2. The number of fused-ring (bicyclic) bond motifs is 6. The van der Waals surface area contributed by atoms with E-state index in [0.29, 0.717) is 62.6 Å². The van der Waals surface area contributed by atoms with Crippen LogP contribution in [0.4, 0.5) is 11.9 Å². The number of carbonyl (C=O) groups is 2. The summed E-state index contributed by atoms with van der Waals surface area (Å²) < 4.78 is 148. The summed E-state index contributed by atoms with van der Waals surface area (Å²) in [6.07, 6.45) is -2.30. The van der Waals surface area contributed by atoms with Crippen molar-refractivity contribution in [2.75, 3.05) is 79.5 Å². The molecule has 0 aliphatic carbocycles. The van der Waals surface area contributed by atoms with Crippen LogP contribution in [0, 0.1) is 49.4 Å². The summed E-state index contributed by atoms with van der Waals surface area (Å²) in [4.78, 5) is 49.2. The van der Waals surface area contributed by atoms with Crippen LogP contribution < -0.4 is 11.5 Å². The van der Waals surface area contributed by atoms with E-state index in [1.54, 1.807) is 66.6 Å². The van der Waals surface area contributed by atoms with E-state index in [-0.39, 0.29) is 340 Å². The molecule has 0 bridgehead atoms. The molecule has 4 unspecified atom stereocenters. The van der Waals surface area contributed by atoms with Gasteiger partial charge in [-0.05, 0) is 73.7 Å².